The smallest absolute Gasteiger partial charge is 0.0684 e. The highest BCUT2D eigenvalue weighted by Crippen LogP contribution is 2.27. The van der Waals surface area contributed by atoms with Crippen LogP contribution in [0.1, 0.15) is 41.8 Å². The van der Waals surface area contributed by atoms with Crippen LogP contribution in [0.25, 0.3) is 0 Å². The van der Waals surface area contributed by atoms with Crippen LogP contribution >= 0.6 is 22.7 Å². The number of rotatable bonds is 6. The molecule has 0 aliphatic heterocycles. The molecule has 0 saturated heterocycles. The molecule has 0 bridgehead atoms. The van der Waals surface area contributed by atoms with E-state index in [-0.39, 0.29) is 13.2 Å². The van der Waals surface area contributed by atoms with Gasteiger partial charge in [-0.05, 0) is 60.4 Å². The lowest BCUT2D eigenvalue weighted by molar-refractivity contribution is 0.274. The molecule has 2 heterocycles. The van der Waals surface area contributed by atoms with Crippen molar-refractivity contribution in [1.82, 2.24) is 0 Å². The van der Waals surface area contributed by atoms with Crippen LogP contribution in [0.4, 0.5) is 0 Å². The average molecular weight is 359 g/mol. The number of thiophene rings is 2. The SMILES string of the molecule is Cc1ccc(Cc2cc(Cc3ccc(C)s3)c(CO)cc2CO)s1. The summed E-state index contributed by atoms with van der Waals surface area (Å²) in [4.78, 5) is 5.21. The Hall–Kier alpha value is -1.46. The van der Waals surface area contributed by atoms with Crippen molar-refractivity contribution >= 4 is 22.7 Å². The van der Waals surface area contributed by atoms with E-state index in [1.165, 1.54) is 19.5 Å². The summed E-state index contributed by atoms with van der Waals surface area (Å²) < 4.78 is 0. The van der Waals surface area contributed by atoms with E-state index in [4.69, 9.17) is 0 Å². The highest BCUT2D eigenvalue weighted by molar-refractivity contribution is 7.12. The van der Waals surface area contributed by atoms with E-state index in [1.807, 2.05) is 6.07 Å². The lowest BCUT2D eigenvalue weighted by atomic mass is 9.94. The molecule has 0 aliphatic rings. The second-order valence-electron chi connectivity index (χ2n) is 6.08. The molecule has 126 valence electrons. The lowest BCUT2D eigenvalue weighted by Gasteiger charge is -2.14. The Balaban J connectivity index is 1.96. The van der Waals surface area contributed by atoms with Crippen molar-refractivity contribution in [2.24, 2.45) is 0 Å². The van der Waals surface area contributed by atoms with E-state index >= 15 is 0 Å². The Bertz CT molecular complexity index is 765. The molecule has 3 rings (SSSR count). The molecule has 0 fully saturated rings. The number of aryl methyl sites for hydroxylation is 2. The topological polar surface area (TPSA) is 40.5 Å². The van der Waals surface area contributed by atoms with Gasteiger partial charge < -0.3 is 10.2 Å². The van der Waals surface area contributed by atoms with Gasteiger partial charge in [-0.15, -0.1) is 22.7 Å². The molecule has 0 spiro atoms. The molecule has 0 atom stereocenters. The van der Waals surface area contributed by atoms with Gasteiger partial charge in [-0.1, -0.05) is 12.1 Å². The predicted molar refractivity (Wildman–Crippen MR) is 102 cm³/mol. The number of benzene rings is 1. The maximum Gasteiger partial charge on any atom is 0.0684 e. The zero-order chi connectivity index (χ0) is 17.1. The summed E-state index contributed by atoms with van der Waals surface area (Å²) in [5, 5.41) is 19.5. The summed E-state index contributed by atoms with van der Waals surface area (Å²) in [6.07, 6.45) is 1.66. The summed E-state index contributed by atoms with van der Waals surface area (Å²) in [5.41, 5.74) is 4.13. The summed E-state index contributed by atoms with van der Waals surface area (Å²) >= 11 is 3.59. The predicted octanol–water partition coefficient (Wildman–Crippen LogP) is 4.59. The second kappa shape index (κ2) is 7.62. The molecule has 2 nitrogen and oxygen atoms in total. The number of aliphatic hydroxyl groups excluding tert-OH is 2. The van der Waals surface area contributed by atoms with Crippen molar-refractivity contribution in [2.45, 2.75) is 39.9 Å². The third-order valence-corrected chi connectivity index (χ3v) is 6.19. The van der Waals surface area contributed by atoms with Gasteiger partial charge in [0.05, 0.1) is 13.2 Å². The van der Waals surface area contributed by atoms with Crippen LogP contribution in [0.3, 0.4) is 0 Å². The van der Waals surface area contributed by atoms with Crippen LogP contribution in [0.2, 0.25) is 0 Å². The van der Waals surface area contributed by atoms with Gasteiger partial charge in [0.1, 0.15) is 0 Å². The maximum absolute atomic E-state index is 9.73. The van der Waals surface area contributed by atoms with Gasteiger partial charge in [0.15, 0.2) is 0 Å². The standard InChI is InChI=1S/C20H22O2S2/c1-13-3-5-19(23-13)9-15-7-16(10-20-6-4-14(2)24-20)18(12-22)8-17(15)11-21/h3-8,21-22H,9-12H2,1-2H3. The molecular formula is C20H22O2S2. The van der Waals surface area contributed by atoms with E-state index in [0.29, 0.717) is 0 Å². The van der Waals surface area contributed by atoms with Crippen molar-refractivity contribution in [3.8, 4) is 0 Å². The first-order valence-electron chi connectivity index (χ1n) is 8.05. The lowest BCUT2D eigenvalue weighted by Crippen LogP contribution is -2.02. The summed E-state index contributed by atoms with van der Waals surface area (Å²) in [6, 6.07) is 12.7. The molecule has 0 radical (unpaired) electrons. The Morgan fingerprint density at radius 3 is 1.42 bits per heavy atom. The Morgan fingerprint density at radius 1 is 0.667 bits per heavy atom. The van der Waals surface area contributed by atoms with Crippen LogP contribution in [0, 0.1) is 13.8 Å². The molecule has 2 aromatic heterocycles. The molecule has 0 saturated carbocycles. The minimum Gasteiger partial charge on any atom is -0.392 e. The first kappa shape index (κ1) is 17.4. The maximum atomic E-state index is 9.73. The van der Waals surface area contributed by atoms with Crippen molar-refractivity contribution in [3.63, 3.8) is 0 Å². The van der Waals surface area contributed by atoms with Gasteiger partial charge >= 0.3 is 0 Å². The summed E-state index contributed by atoms with van der Waals surface area (Å²) in [5.74, 6) is 0. The van der Waals surface area contributed by atoms with E-state index in [0.717, 1.165) is 35.1 Å². The van der Waals surface area contributed by atoms with Crippen LogP contribution in [-0.4, -0.2) is 10.2 Å². The molecule has 3 aromatic rings. The first-order chi connectivity index (χ1) is 11.6. The Kier molecular flexibility index (Phi) is 5.51. The minimum atomic E-state index is 0.00504. The molecule has 4 heteroatoms. The Morgan fingerprint density at radius 2 is 1.08 bits per heavy atom. The normalized spacial score (nSPS) is 11.2. The highest BCUT2D eigenvalue weighted by Gasteiger charge is 2.12. The fraction of sp³-hybridized carbons (Fsp3) is 0.300. The summed E-state index contributed by atoms with van der Waals surface area (Å²) in [7, 11) is 0. The van der Waals surface area contributed by atoms with Crippen LogP contribution in [0.15, 0.2) is 36.4 Å². The zero-order valence-corrected chi connectivity index (χ0v) is 15.6. The molecule has 0 unspecified atom stereocenters. The van der Waals surface area contributed by atoms with Crippen molar-refractivity contribution in [2.75, 3.05) is 0 Å². The monoisotopic (exact) mass is 358 g/mol. The quantitative estimate of drug-likeness (QED) is 0.676. The van der Waals surface area contributed by atoms with E-state index in [1.54, 1.807) is 22.7 Å². The van der Waals surface area contributed by atoms with Gasteiger partial charge in [0.25, 0.3) is 0 Å². The molecule has 0 amide bonds. The third kappa shape index (κ3) is 3.95. The molecule has 24 heavy (non-hydrogen) atoms. The second-order valence-corrected chi connectivity index (χ2v) is 8.83. The van der Waals surface area contributed by atoms with Gasteiger partial charge in [-0.25, -0.2) is 0 Å². The molecule has 2 N–H and O–H groups in total. The number of aliphatic hydroxyl groups is 2. The number of hydrogen-bond acceptors (Lipinski definition) is 4. The highest BCUT2D eigenvalue weighted by atomic mass is 32.1. The van der Waals surface area contributed by atoms with Crippen LogP contribution in [-0.2, 0) is 26.1 Å². The largest absolute Gasteiger partial charge is 0.392 e. The fourth-order valence-electron chi connectivity index (χ4n) is 2.95. The fourth-order valence-corrected chi connectivity index (χ4v) is 4.78. The summed E-state index contributed by atoms with van der Waals surface area (Å²) in [6.45, 7) is 4.23. The van der Waals surface area contributed by atoms with Gasteiger partial charge in [0, 0.05) is 32.4 Å². The van der Waals surface area contributed by atoms with E-state index in [2.05, 4.69) is 44.2 Å². The minimum absolute atomic E-state index is 0.00504. The van der Waals surface area contributed by atoms with Crippen LogP contribution in [0.5, 0.6) is 0 Å². The van der Waals surface area contributed by atoms with E-state index < -0.39 is 0 Å². The Labute approximate surface area is 151 Å². The third-order valence-electron chi connectivity index (χ3n) is 4.18. The van der Waals surface area contributed by atoms with Gasteiger partial charge in [-0.2, -0.15) is 0 Å². The van der Waals surface area contributed by atoms with Gasteiger partial charge in [0.2, 0.25) is 0 Å². The number of hydrogen-bond donors (Lipinski definition) is 2. The average Bonchev–Trinajstić information content (AvgIpc) is 3.16. The van der Waals surface area contributed by atoms with E-state index in [9.17, 15) is 10.2 Å². The molecule has 1 aromatic carbocycles. The van der Waals surface area contributed by atoms with Gasteiger partial charge in [-0.3, -0.25) is 0 Å². The first-order valence-corrected chi connectivity index (χ1v) is 9.68. The molecular weight excluding hydrogens is 336 g/mol. The van der Waals surface area contributed by atoms with Crippen molar-refractivity contribution < 1.29 is 10.2 Å². The van der Waals surface area contributed by atoms with Crippen molar-refractivity contribution in [1.29, 1.82) is 0 Å². The van der Waals surface area contributed by atoms with Crippen LogP contribution < -0.4 is 0 Å². The zero-order valence-electron chi connectivity index (χ0n) is 14.0. The van der Waals surface area contributed by atoms with Crippen molar-refractivity contribution in [3.05, 3.63) is 78.2 Å². The molecule has 0 aliphatic carbocycles.